The van der Waals surface area contributed by atoms with Crippen molar-refractivity contribution in [1.82, 2.24) is 19.3 Å². The van der Waals surface area contributed by atoms with E-state index in [1.54, 1.807) is 18.3 Å². The zero-order valence-electron chi connectivity index (χ0n) is 15.1. The average Bonchev–Trinajstić information content (AvgIpc) is 3.19. The number of aromatic nitrogens is 3. The van der Waals surface area contributed by atoms with Gasteiger partial charge in [0.15, 0.2) is 0 Å². The van der Waals surface area contributed by atoms with E-state index in [9.17, 15) is 8.42 Å². The van der Waals surface area contributed by atoms with Gasteiger partial charge in [-0.1, -0.05) is 0 Å². The molecule has 27 heavy (non-hydrogen) atoms. The fourth-order valence-electron chi connectivity index (χ4n) is 3.52. The molecule has 2 aromatic rings. The standard InChI is InChI=1S/C18H23N5O3S/c24-27(25,16-5-4-7-19-12-16)23-10-6-15(13-23)26-18-11-17(20-14-21-18)22-8-2-1-3-9-22/h4-5,7,11-12,14-15H,1-3,6,8-10,13H2. The van der Waals surface area contributed by atoms with Gasteiger partial charge in [-0.05, 0) is 37.8 Å². The number of pyridine rings is 1. The maximum absolute atomic E-state index is 12.7. The summed E-state index contributed by atoms with van der Waals surface area (Å²) in [5.74, 6) is 1.37. The highest BCUT2D eigenvalue weighted by Gasteiger charge is 2.34. The van der Waals surface area contributed by atoms with Crippen LogP contribution in [0.2, 0.25) is 0 Å². The Labute approximate surface area is 159 Å². The Balaban J connectivity index is 1.41. The van der Waals surface area contributed by atoms with Gasteiger partial charge in [0.05, 0.1) is 6.54 Å². The van der Waals surface area contributed by atoms with Crippen LogP contribution in [0.25, 0.3) is 0 Å². The predicted octanol–water partition coefficient (Wildman–Crippen LogP) is 1.70. The zero-order chi connectivity index (χ0) is 18.7. The van der Waals surface area contributed by atoms with Crippen LogP contribution in [0, 0.1) is 0 Å². The van der Waals surface area contributed by atoms with Crippen molar-refractivity contribution in [3.05, 3.63) is 36.9 Å². The van der Waals surface area contributed by atoms with Crippen molar-refractivity contribution in [2.24, 2.45) is 0 Å². The number of nitrogens with zero attached hydrogens (tertiary/aromatic N) is 5. The quantitative estimate of drug-likeness (QED) is 0.769. The Morgan fingerprint density at radius 2 is 1.96 bits per heavy atom. The minimum Gasteiger partial charge on any atom is -0.473 e. The molecule has 2 saturated heterocycles. The first-order chi connectivity index (χ1) is 13.1. The largest absolute Gasteiger partial charge is 0.473 e. The predicted molar refractivity (Wildman–Crippen MR) is 100 cm³/mol. The fourth-order valence-corrected chi connectivity index (χ4v) is 4.97. The molecule has 144 valence electrons. The molecule has 4 rings (SSSR count). The van der Waals surface area contributed by atoms with Crippen molar-refractivity contribution in [2.45, 2.75) is 36.7 Å². The van der Waals surface area contributed by atoms with E-state index < -0.39 is 10.0 Å². The van der Waals surface area contributed by atoms with E-state index in [0.717, 1.165) is 18.9 Å². The maximum Gasteiger partial charge on any atom is 0.244 e. The third kappa shape index (κ3) is 4.03. The van der Waals surface area contributed by atoms with E-state index in [4.69, 9.17) is 4.74 Å². The third-order valence-corrected chi connectivity index (χ3v) is 6.82. The first kappa shape index (κ1) is 18.1. The first-order valence-electron chi connectivity index (χ1n) is 9.27. The molecule has 0 aliphatic carbocycles. The molecule has 0 spiro atoms. The van der Waals surface area contributed by atoms with Crippen molar-refractivity contribution in [2.75, 3.05) is 31.1 Å². The van der Waals surface area contributed by atoms with Crippen molar-refractivity contribution in [3.8, 4) is 5.88 Å². The summed E-state index contributed by atoms with van der Waals surface area (Å²) < 4.78 is 32.8. The number of rotatable bonds is 5. The highest BCUT2D eigenvalue weighted by atomic mass is 32.2. The van der Waals surface area contributed by atoms with Crippen molar-refractivity contribution in [1.29, 1.82) is 0 Å². The summed E-state index contributed by atoms with van der Waals surface area (Å²) in [5, 5.41) is 0. The molecule has 0 bridgehead atoms. The second-order valence-corrected chi connectivity index (χ2v) is 8.78. The van der Waals surface area contributed by atoms with Crippen LogP contribution in [-0.4, -0.2) is 60.0 Å². The molecule has 2 aromatic heterocycles. The van der Waals surface area contributed by atoms with Crippen LogP contribution in [-0.2, 0) is 10.0 Å². The zero-order valence-corrected chi connectivity index (χ0v) is 15.9. The van der Waals surface area contributed by atoms with E-state index >= 15 is 0 Å². The minimum atomic E-state index is -3.54. The summed E-state index contributed by atoms with van der Waals surface area (Å²) >= 11 is 0. The normalized spacial score (nSPS) is 21.3. The average molecular weight is 389 g/mol. The Morgan fingerprint density at radius 3 is 2.74 bits per heavy atom. The van der Waals surface area contributed by atoms with Gasteiger partial charge in [0.25, 0.3) is 0 Å². The molecular formula is C18H23N5O3S. The van der Waals surface area contributed by atoms with Crippen LogP contribution < -0.4 is 9.64 Å². The fraction of sp³-hybridized carbons (Fsp3) is 0.500. The lowest BCUT2D eigenvalue weighted by atomic mass is 10.1. The van der Waals surface area contributed by atoms with E-state index in [1.807, 2.05) is 6.07 Å². The molecule has 4 heterocycles. The number of hydrogen-bond donors (Lipinski definition) is 0. The van der Waals surface area contributed by atoms with Gasteiger partial charge >= 0.3 is 0 Å². The van der Waals surface area contributed by atoms with Gasteiger partial charge in [-0.3, -0.25) is 4.98 Å². The number of ether oxygens (including phenoxy) is 1. The van der Waals surface area contributed by atoms with Crippen molar-refractivity contribution < 1.29 is 13.2 Å². The Kier molecular flexibility index (Phi) is 5.22. The molecule has 0 saturated carbocycles. The summed E-state index contributed by atoms with van der Waals surface area (Å²) in [4.78, 5) is 14.9. The minimum absolute atomic E-state index is 0.208. The smallest absolute Gasteiger partial charge is 0.244 e. The van der Waals surface area contributed by atoms with Gasteiger partial charge in [-0.15, -0.1) is 0 Å². The van der Waals surface area contributed by atoms with E-state index in [2.05, 4.69) is 19.9 Å². The molecule has 0 N–H and O–H groups in total. The highest BCUT2D eigenvalue weighted by molar-refractivity contribution is 7.89. The summed E-state index contributed by atoms with van der Waals surface area (Å²) in [6.45, 7) is 2.72. The molecular weight excluding hydrogens is 366 g/mol. The second-order valence-electron chi connectivity index (χ2n) is 6.84. The molecule has 1 atom stereocenters. The monoisotopic (exact) mass is 389 g/mol. The highest BCUT2D eigenvalue weighted by Crippen LogP contribution is 2.25. The van der Waals surface area contributed by atoms with Gasteiger partial charge in [-0.2, -0.15) is 4.31 Å². The maximum atomic E-state index is 12.7. The van der Waals surface area contributed by atoms with Crippen molar-refractivity contribution in [3.63, 3.8) is 0 Å². The van der Waals surface area contributed by atoms with Crippen LogP contribution in [0.3, 0.4) is 0 Å². The van der Waals surface area contributed by atoms with Gasteiger partial charge in [0, 0.05) is 38.1 Å². The molecule has 8 nitrogen and oxygen atoms in total. The Hall–Kier alpha value is -2.26. The summed E-state index contributed by atoms with van der Waals surface area (Å²) in [6, 6.07) is 5.04. The van der Waals surface area contributed by atoms with Crippen LogP contribution in [0.1, 0.15) is 25.7 Å². The van der Waals surface area contributed by atoms with Crippen LogP contribution in [0.5, 0.6) is 5.88 Å². The van der Waals surface area contributed by atoms with Crippen molar-refractivity contribution >= 4 is 15.8 Å². The van der Waals surface area contributed by atoms with Gasteiger partial charge in [0.2, 0.25) is 15.9 Å². The van der Waals surface area contributed by atoms with E-state index in [0.29, 0.717) is 25.4 Å². The third-order valence-electron chi connectivity index (χ3n) is 4.97. The SMILES string of the molecule is O=S(=O)(c1cccnc1)N1CCC(Oc2cc(N3CCCCC3)ncn2)C1. The number of sulfonamides is 1. The van der Waals surface area contributed by atoms with Crippen LogP contribution in [0.15, 0.2) is 41.8 Å². The van der Waals surface area contributed by atoms with Gasteiger partial charge in [0.1, 0.15) is 23.1 Å². The summed E-state index contributed by atoms with van der Waals surface area (Å²) in [7, 11) is -3.54. The van der Waals surface area contributed by atoms with Gasteiger partial charge < -0.3 is 9.64 Å². The van der Waals surface area contributed by atoms with Crippen LogP contribution >= 0.6 is 0 Å². The first-order valence-corrected chi connectivity index (χ1v) is 10.7. The van der Waals surface area contributed by atoms with Gasteiger partial charge in [-0.25, -0.2) is 18.4 Å². The molecule has 9 heteroatoms. The topological polar surface area (TPSA) is 88.5 Å². The van der Waals surface area contributed by atoms with Crippen LogP contribution in [0.4, 0.5) is 5.82 Å². The number of anilines is 1. The molecule has 0 radical (unpaired) electrons. The molecule has 0 aromatic carbocycles. The lowest BCUT2D eigenvalue weighted by Crippen LogP contribution is -2.31. The molecule has 1 unspecified atom stereocenters. The molecule has 2 aliphatic heterocycles. The lowest BCUT2D eigenvalue weighted by molar-refractivity contribution is 0.206. The number of hydrogen-bond acceptors (Lipinski definition) is 7. The summed E-state index contributed by atoms with van der Waals surface area (Å²) in [5.41, 5.74) is 0. The second kappa shape index (κ2) is 7.77. The Bertz CT molecular complexity index is 872. The van der Waals surface area contributed by atoms with E-state index in [1.165, 1.54) is 36.1 Å². The lowest BCUT2D eigenvalue weighted by Gasteiger charge is -2.27. The molecule has 2 fully saturated rings. The van der Waals surface area contributed by atoms with E-state index in [-0.39, 0.29) is 11.0 Å². The summed E-state index contributed by atoms with van der Waals surface area (Å²) in [6.07, 6.45) is 8.45. The number of piperidine rings is 1. The Morgan fingerprint density at radius 1 is 1.11 bits per heavy atom. The molecule has 2 aliphatic rings. The molecule has 0 amide bonds.